The van der Waals surface area contributed by atoms with Gasteiger partial charge >= 0.3 is 0 Å². The van der Waals surface area contributed by atoms with E-state index in [0.29, 0.717) is 11.4 Å². The normalized spacial score (nSPS) is 18.1. The van der Waals surface area contributed by atoms with Crippen LogP contribution in [0.1, 0.15) is 34.9 Å². The van der Waals surface area contributed by atoms with Gasteiger partial charge in [-0.1, -0.05) is 24.3 Å². The van der Waals surface area contributed by atoms with Crippen molar-refractivity contribution >= 4 is 5.82 Å². The van der Waals surface area contributed by atoms with Crippen LogP contribution in [-0.2, 0) is 12.8 Å². The molecule has 0 saturated heterocycles. The van der Waals surface area contributed by atoms with Crippen molar-refractivity contribution in [2.75, 3.05) is 5.73 Å². The maximum Gasteiger partial charge on any atom is 0.255 e. The number of rotatable bonds is 1. The van der Waals surface area contributed by atoms with Gasteiger partial charge in [0, 0.05) is 5.92 Å². The lowest BCUT2D eigenvalue weighted by Gasteiger charge is -2.24. The second kappa shape index (κ2) is 4.53. The number of H-pyrrole nitrogens is 1. The quantitative estimate of drug-likeness (QED) is 0.818. The lowest BCUT2D eigenvalue weighted by molar-refractivity contribution is 0.553. The summed E-state index contributed by atoms with van der Waals surface area (Å²) in [4.78, 5) is 19.0. The van der Waals surface area contributed by atoms with Crippen LogP contribution < -0.4 is 11.3 Å². The summed E-state index contributed by atoms with van der Waals surface area (Å²) in [6, 6.07) is 8.45. The second-order valence-electron chi connectivity index (χ2n) is 5.17. The number of nitrogens with two attached hydrogens (primary N) is 1. The Morgan fingerprint density at radius 3 is 2.79 bits per heavy atom. The minimum Gasteiger partial charge on any atom is -0.383 e. The molecular formula is C15H17N3O. The first-order chi connectivity index (χ1) is 9.15. The van der Waals surface area contributed by atoms with E-state index in [2.05, 4.69) is 34.2 Å². The number of nitrogens with zero attached hydrogens (tertiary/aromatic N) is 1. The van der Waals surface area contributed by atoms with E-state index in [1.165, 1.54) is 11.1 Å². The average Bonchev–Trinajstić information content (AvgIpc) is 2.43. The zero-order valence-corrected chi connectivity index (χ0v) is 10.9. The smallest absolute Gasteiger partial charge is 0.255 e. The lowest BCUT2D eigenvalue weighted by atomic mass is 9.83. The van der Waals surface area contributed by atoms with Gasteiger partial charge in [-0.3, -0.25) is 4.79 Å². The number of benzene rings is 1. The van der Waals surface area contributed by atoms with E-state index in [-0.39, 0.29) is 11.5 Å². The number of nitrogen functional groups attached to an aromatic ring is 1. The van der Waals surface area contributed by atoms with E-state index in [1.54, 1.807) is 6.92 Å². The number of aromatic amines is 1. The van der Waals surface area contributed by atoms with Crippen molar-refractivity contribution in [2.24, 2.45) is 0 Å². The summed E-state index contributed by atoms with van der Waals surface area (Å²) < 4.78 is 0. The fourth-order valence-corrected chi connectivity index (χ4v) is 2.69. The van der Waals surface area contributed by atoms with Crippen molar-refractivity contribution in [1.29, 1.82) is 0 Å². The first-order valence-corrected chi connectivity index (χ1v) is 6.58. The Kier molecular flexibility index (Phi) is 2.85. The molecule has 1 heterocycles. The maximum absolute atomic E-state index is 11.8. The highest BCUT2D eigenvalue weighted by atomic mass is 16.1. The molecule has 0 spiro atoms. The van der Waals surface area contributed by atoms with Gasteiger partial charge in [0.15, 0.2) is 0 Å². The van der Waals surface area contributed by atoms with Gasteiger partial charge in [0.05, 0.1) is 5.56 Å². The Labute approximate surface area is 111 Å². The highest BCUT2D eigenvalue weighted by molar-refractivity contribution is 5.37. The molecule has 1 aromatic heterocycles. The van der Waals surface area contributed by atoms with Gasteiger partial charge in [-0.15, -0.1) is 0 Å². The first-order valence-electron chi connectivity index (χ1n) is 6.58. The van der Waals surface area contributed by atoms with Crippen molar-refractivity contribution in [3.05, 3.63) is 57.1 Å². The van der Waals surface area contributed by atoms with Crippen molar-refractivity contribution in [3.63, 3.8) is 0 Å². The standard InChI is InChI=1S/C15H17N3O/c1-9-13(16)17-14(18-15(9)19)12-7-6-10-4-2-3-5-11(10)8-12/h2-5,12H,6-8H2,1H3,(H3,16,17,18,19). The third-order valence-corrected chi connectivity index (χ3v) is 3.94. The molecule has 3 rings (SSSR count). The number of hydrogen-bond donors (Lipinski definition) is 2. The summed E-state index contributed by atoms with van der Waals surface area (Å²) in [6.45, 7) is 1.70. The van der Waals surface area contributed by atoms with E-state index in [4.69, 9.17) is 5.73 Å². The molecule has 1 unspecified atom stereocenters. The summed E-state index contributed by atoms with van der Waals surface area (Å²) in [6.07, 6.45) is 2.95. The predicted molar refractivity (Wildman–Crippen MR) is 75.2 cm³/mol. The van der Waals surface area contributed by atoms with E-state index in [9.17, 15) is 4.79 Å². The van der Waals surface area contributed by atoms with Gasteiger partial charge < -0.3 is 10.7 Å². The molecule has 1 atom stereocenters. The Balaban J connectivity index is 1.95. The van der Waals surface area contributed by atoms with Crippen LogP contribution in [0, 0.1) is 6.92 Å². The van der Waals surface area contributed by atoms with Gasteiger partial charge in [-0.05, 0) is 37.3 Å². The van der Waals surface area contributed by atoms with Crippen LogP contribution in [0.5, 0.6) is 0 Å². The van der Waals surface area contributed by atoms with Gasteiger partial charge in [-0.25, -0.2) is 4.98 Å². The number of aryl methyl sites for hydroxylation is 1. The van der Waals surface area contributed by atoms with Crippen LogP contribution >= 0.6 is 0 Å². The van der Waals surface area contributed by atoms with Gasteiger partial charge in [0.25, 0.3) is 5.56 Å². The summed E-state index contributed by atoms with van der Waals surface area (Å²) in [7, 11) is 0. The fourth-order valence-electron chi connectivity index (χ4n) is 2.69. The second-order valence-corrected chi connectivity index (χ2v) is 5.17. The van der Waals surface area contributed by atoms with Crippen LogP contribution in [0.3, 0.4) is 0 Å². The topological polar surface area (TPSA) is 71.8 Å². The van der Waals surface area contributed by atoms with Crippen LogP contribution in [0.2, 0.25) is 0 Å². The van der Waals surface area contributed by atoms with Crippen LogP contribution in [-0.4, -0.2) is 9.97 Å². The molecule has 1 aromatic carbocycles. The summed E-state index contributed by atoms with van der Waals surface area (Å²) in [5.74, 6) is 1.32. The molecule has 0 aliphatic heterocycles. The largest absolute Gasteiger partial charge is 0.383 e. The predicted octanol–water partition coefficient (Wildman–Crippen LogP) is 1.93. The summed E-state index contributed by atoms with van der Waals surface area (Å²) >= 11 is 0. The zero-order chi connectivity index (χ0) is 13.4. The Bertz CT molecular complexity index is 675. The van der Waals surface area contributed by atoms with Gasteiger partial charge in [0.1, 0.15) is 11.6 Å². The van der Waals surface area contributed by atoms with E-state index < -0.39 is 0 Å². The van der Waals surface area contributed by atoms with E-state index >= 15 is 0 Å². The number of aromatic nitrogens is 2. The molecule has 0 radical (unpaired) electrons. The number of hydrogen-bond acceptors (Lipinski definition) is 3. The van der Waals surface area contributed by atoms with Gasteiger partial charge in [0.2, 0.25) is 0 Å². The molecular weight excluding hydrogens is 238 g/mol. The molecule has 0 fully saturated rings. The molecule has 0 bridgehead atoms. The Morgan fingerprint density at radius 2 is 2.05 bits per heavy atom. The fraction of sp³-hybridized carbons (Fsp3) is 0.333. The van der Waals surface area contributed by atoms with Crippen LogP contribution in [0.25, 0.3) is 0 Å². The highest BCUT2D eigenvalue weighted by Gasteiger charge is 2.22. The maximum atomic E-state index is 11.8. The molecule has 1 aliphatic carbocycles. The zero-order valence-electron chi connectivity index (χ0n) is 10.9. The third-order valence-electron chi connectivity index (χ3n) is 3.94. The molecule has 0 amide bonds. The monoisotopic (exact) mass is 255 g/mol. The molecule has 2 aromatic rings. The first kappa shape index (κ1) is 12.0. The molecule has 98 valence electrons. The molecule has 4 nitrogen and oxygen atoms in total. The third kappa shape index (κ3) is 2.14. The summed E-state index contributed by atoms with van der Waals surface area (Å²) in [5.41, 5.74) is 8.92. The van der Waals surface area contributed by atoms with Crippen molar-refractivity contribution in [3.8, 4) is 0 Å². The minimum absolute atomic E-state index is 0.124. The number of fused-ring (bicyclic) bond motifs is 1. The Hall–Kier alpha value is -2.10. The average molecular weight is 255 g/mol. The molecule has 4 heteroatoms. The van der Waals surface area contributed by atoms with Crippen molar-refractivity contribution in [2.45, 2.75) is 32.1 Å². The van der Waals surface area contributed by atoms with E-state index in [0.717, 1.165) is 25.1 Å². The SMILES string of the molecule is Cc1c(N)nc(C2CCc3ccccc3C2)[nH]c1=O. The molecule has 1 aliphatic rings. The lowest BCUT2D eigenvalue weighted by Crippen LogP contribution is -2.22. The Morgan fingerprint density at radius 1 is 1.32 bits per heavy atom. The van der Waals surface area contributed by atoms with Crippen molar-refractivity contribution < 1.29 is 0 Å². The van der Waals surface area contributed by atoms with Crippen molar-refractivity contribution in [1.82, 2.24) is 9.97 Å². The molecule has 3 N–H and O–H groups in total. The van der Waals surface area contributed by atoms with Gasteiger partial charge in [-0.2, -0.15) is 0 Å². The molecule has 19 heavy (non-hydrogen) atoms. The van der Waals surface area contributed by atoms with Crippen LogP contribution in [0.4, 0.5) is 5.82 Å². The van der Waals surface area contributed by atoms with E-state index in [1.807, 2.05) is 0 Å². The number of anilines is 1. The minimum atomic E-state index is -0.124. The highest BCUT2D eigenvalue weighted by Crippen LogP contribution is 2.30. The molecule has 0 saturated carbocycles. The summed E-state index contributed by atoms with van der Waals surface area (Å²) in [5, 5.41) is 0. The van der Waals surface area contributed by atoms with Crippen LogP contribution in [0.15, 0.2) is 29.1 Å². The number of nitrogens with one attached hydrogen (secondary N) is 1.